The van der Waals surface area contributed by atoms with E-state index in [2.05, 4.69) is 10.6 Å². The molecule has 0 unspecified atom stereocenters. The van der Waals surface area contributed by atoms with Crippen LogP contribution in [0, 0.1) is 10.1 Å². The Kier molecular flexibility index (Phi) is 6.11. The van der Waals surface area contributed by atoms with Gasteiger partial charge in [-0.15, -0.1) is 0 Å². The molecule has 1 heterocycles. The fraction of sp³-hybridized carbons (Fsp3) is 0.211. The van der Waals surface area contributed by atoms with E-state index in [1.807, 2.05) is 4.90 Å². The van der Waals surface area contributed by atoms with Crippen LogP contribution in [0.25, 0.3) is 0 Å². The summed E-state index contributed by atoms with van der Waals surface area (Å²) in [6.07, 6.45) is 1.93. The monoisotopic (exact) mass is 430 g/mol. The van der Waals surface area contributed by atoms with Gasteiger partial charge in [0, 0.05) is 37.0 Å². The Morgan fingerprint density at radius 1 is 1.10 bits per heavy atom. The van der Waals surface area contributed by atoms with Crippen LogP contribution in [0.3, 0.4) is 0 Å². The zero-order valence-electron chi connectivity index (χ0n) is 15.6. The third-order valence-corrected chi connectivity index (χ3v) is 4.80. The Labute approximate surface area is 176 Å². The fourth-order valence-electron chi connectivity index (χ4n) is 3.18. The minimum atomic E-state index is -1.28. The molecular weight excluding hydrogens is 412 g/mol. The van der Waals surface area contributed by atoms with Gasteiger partial charge in [-0.25, -0.2) is 4.79 Å². The molecule has 0 saturated carbocycles. The fourth-order valence-corrected chi connectivity index (χ4v) is 3.39. The lowest BCUT2D eigenvalue weighted by molar-refractivity contribution is -0.384. The molecule has 0 bridgehead atoms. The van der Waals surface area contributed by atoms with Crippen molar-refractivity contribution in [3.63, 3.8) is 0 Å². The number of aromatic carboxylic acids is 1. The number of carbonyl (C=O) groups is 2. The number of nitrogens with zero attached hydrogens (tertiary/aromatic N) is 2. The SMILES string of the molecule is O=C(O)c1ccc(NC(=S)NC(=O)c2cc([N+](=O)[O-])ccc2N2CCCC2)cc1O. The lowest BCUT2D eigenvalue weighted by Crippen LogP contribution is -2.35. The van der Waals surface area contributed by atoms with E-state index in [-0.39, 0.29) is 27.6 Å². The Balaban J connectivity index is 1.78. The third-order valence-electron chi connectivity index (χ3n) is 4.60. The molecule has 4 N–H and O–H groups in total. The van der Waals surface area contributed by atoms with Gasteiger partial charge in [-0.1, -0.05) is 0 Å². The molecule has 1 amide bonds. The van der Waals surface area contributed by atoms with Gasteiger partial charge in [0.2, 0.25) is 0 Å². The minimum absolute atomic E-state index is 0.110. The largest absolute Gasteiger partial charge is 0.507 e. The number of anilines is 2. The first kappa shape index (κ1) is 21.0. The number of hydrogen-bond donors (Lipinski definition) is 4. The number of benzene rings is 2. The Morgan fingerprint density at radius 2 is 1.80 bits per heavy atom. The maximum Gasteiger partial charge on any atom is 0.339 e. The number of non-ortho nitro benzene ring substituents is 1. The van der Waals surface area contributed by atoms with Crippen molar-refractivity contribution in [2.24, 2.45) is 0 Å². The summed E-state index contributed by atoms with van der Waals surface area (Å²) >= 11 is 5.11. The van der Waals surface area contributed by atoms with Crippen molar-refractivity contribution in [2.45, 2.75) is 12.8 Å². The molecule has 1 aliphatic heterocycles. The molecular formula is C19H18N4O6S. The number of carboxylic acids is 1. The summed E-state index contributed by atoms with van der Waals surface area (Å²) in [6.45, 7) is 1.49. The number of nitro benzene ring substituents is 1. The number of nitrogens with one attached hydrogen (secondary N) is 2. The number of carboxylic acid groups (broad SMARTS) is 1. The van der Waals surface area contributed by atoms with E-state index < -0.39 is 22.5 Å². The normalized spacial score (nSPS) is 13.0. The summed E-state index contributed by atoms with van der Waals surface area (Å²) in [5.74, 6) is -2.36. The van der Waals surface area contributed by atoms with Crippen molar-refractivity contribution < 1.29 is 24.7 Å². The molecule has 1 saturated heterocycles. The number of thiocarbonyl (C=S) groups is 1. The van der Waals surface area contributed by atoms with Gasteiger partial charge in [-0.3, -0.25) is 20.2 Å². The number of phenols is 1. The second-order valence-corrected chi connectivity index (χ2v) is 7.01. The highest BCUT2D eigenvalue weighted by Crippen LogP contribution is 2.28. The predicted molar refractivity (Wildman–Crippen MR) is 113 cm³/mol. The van der Waals surface area contributed by atoms with E-state index >= 15 is 0 Å². The lowest BCUT2D eigenvalue weighted by atomic mass is 10.1. The molecule has 0 aromatic heterocycles. The van der Waals surface area contributed by atoms with Gasteiger partial charge in [0.05, 0.1) is 16.2 Å². The maximum atomic E-state index is 12.8. The van der Waals surface area contributed by atoms with Gasteiger partial charge in [-0.2, -0.15) is 0 Å². The molecule has 0 spiro atoms. The van der Waals surface area contributed by atoms with E-state index in [0.717, 1.165) is 32.0 Å². The summed E-state index contributed by atoms with van der Waals surface area (Å²) < 4.78 is 0. The summed E-state index contributed by atoms with van der Waals surface area (Å²) in [6, 6.07) is 7.84. The Hall–Kier alpha value is -3.73. The van der Waals surface area contributed by atoms with Crippen LogP contribution >= 0.6 is 12.2 Å². The van der Waals surface area contributed by atoms with E-state index in [0.29, 0.717) is 5.69 Å². The molecule has 3 rings (SSSR count). The van der Waals surface area contributed by atoms with Crippen molar-refractivity contribution in [2.75, 3.05) is 23.3 Å². The zero-order valence-corrected chi connectivity index (χ0v) is 16.4. The average molecular weight is 430 g/mol. The molecule has 11 heteroatoms. The highest BCUT2D eigenvalue weighted by atomic mass is 32.1. The molecule has 1 aliphatic rings. The number of rotatable bonds is 5. The van der Waals surface area contributed by atoms with E-state index in [9.17, 15) is 24.8 Å². The summed E-state index contributed by atoms with van der Waals surface area (Å²) in [7, 11) is 0. The zero-order chi connectivity index (χ0) is 21.8. The van der Waals surface area contributed by atoms with Crippen LogP contribution in [0.1, 0.15) is 33.6 Å². The second kappa shape index (κ2) is 8.74. The molecule has 1 fully saturated rings. The van der Waals surface area contributed by atoms with Crippen LogP contribution in [0.5, 0.6) is 5.75 Å². The van der Waals surface area contributed by atoms with Gasteiger partial charge in [-0.05, 0) is 43.3 Å². The molecule has 10 nitrogen and oxygen atoms in total. The van der Waals surface area contributed by atoms with Crippen LogP contribution in [0.15, 0.2) is 36.4 Å². The van der Waals surface area contributed by atoms with Crippen LogP contribution < -0.4 is 15.5 Å². The van der Waals surface area contributed by atoms with Crippen LogP contribution in [0.2, 0.25) is 0 Å². The van der Waals surface area contributed by atoms with Crippen molar-refractivity contribution in [3.8, 4) is 5.75 Å². The Morgan fingerprint density at radius 3 is 2.40 bits per heavy atom. The van der Waals surface area contributed by atoms with Gasteiger partial charge < -0.3 is 20.4 Å². The number of amides is 1. The predicted octanol–water partition coefficient (Wildman–Crippen LogP) is 2.73. The molecule has 2 aromatic rings. The molecule has 0 radical (unpaired) electrons. The van der Waals surface area contributed by atoms with Gasteiger partial charge in [0.25, 0.3) is 11.6 Å². The maximum absolute atomic E-state index is 12.8. The van der Waals surface area contributed by atoms with Crippen LogP contribution in [0.4, 0.5) is 17.1 Å². The summed E-state index contributed by atoms with van der Waals surface area (Å²) in [4.78, 5) is 36.3. The number of aromatic hydroxyl groups is 1. The van der Waals surface area contributed by atoms with Crippen molar-refractivity contribution in [1.82, 2.24) is 5.32 Å². The quantitative estimate of drug-likeness (QED) is 0.319. The van der Waals surface area contributed by atoms with Crippen LogP contribution in [-0.4, -0.2) is 45.2 Å². The number of hydrogen-bond acceptors (Lipinski definition) is 7. The van der Waals surface area contributed by atoms with Crippen LogP contribution in [-0.2, 0) is 0 Å². The lowest BCUT2D eigenvalue weighted by Gasteiger charge is -2.21. The van der Waals surface area contributed by atoms with Crippen molar-refractivity contribution >= 4 is 46.3 Å². The number of carbonyl (C=O) groups excluding carboxylic acids is 1. The first-order valence-corrected chi connectivity index (χ1v) is 9.39. The standard InChI is InChI=1S/C19H18N4O6S/c24-16-9-11(3-5-13(16)18(26)27)20-19(30)21-17(25)14-10-12(23(28)29)4-6-15(14)22-7-1-2-8-22/h3-6,9-10,24H,1-2,7-8H2,(H,26,27)(H2,20,21,25,30). The molecule has 0 atom stereocenters. The molecule has 2 aromatic carbocycles. The second-order valence-electron chi connectivity index (χ2n) is 6.60. The first-order valence-electron chi connectivity index (χ1n) is 8.98. The smallest absolute Gasteiger partial charge is 0.339 e. The van der Waals surface area contributed by atoms with E-state index in [1.165, 1.54) is 24.3 Å². The third kappa shape index (κ3) is 4.63. The summed E-state index contributed by atoms with van der Waals surface area (Å²) in [5.41, 5.74) is 0.487. The highest BCUT2D eigenvalue weighted by molar-refractivity contribution is 7.80. The molecule has 156 valence electrons. The highest BCUT2D eigenvalue weighted by Gasteiger charge is 2.23. The van der Waals surface area contributed by atoms with Crippen molar-refractivity contribution in [1.29, 1.82) is 0 Å². The van der Waals surface area contributed by atoms with E-state index in [4.69, 9.17) is 17.3 Å². The van der Waals surface area contributed by atoms with E-state index in [1.54, 1.807) is 6.07 Å². The molecule has 30 heavy (non-hydrogen) atoms. The molecule has 0 aliphatic carbocycles. The first-order chi connectivity index (χ1) is 14.3. The van der Waals surface area contributed by atoms with Gasteiger partial charge in [0.15, 0.2) is 5.11 Å². The van der Waals surface area contributed by atoms with Crippen molar-refractivity contribution in [3.05, 3.63) is 57.6 Å². The number of nitro groups is 1. The van der Waals surface area contributed by atoms with Gasteiger partial charge in [0.1, 0.15) is 11.3 Å². The van der Waals surface area contributed by atoms with Gasteiger partial charge >= 0.3 is 5.97 Å². The average Bonchev–Trinajstić information content (AvgIpc) is 3.21. The Bertz CT molecular complexity index is 1040. The topological polar surface area (TPSA) is 145 Å². The minimum Gasteiger partial charge on any atom is -0.507 e. The summed E-state index contributed by atoms with van der Waals surface area (Å²) in [5, 5.41) is 34.9.